The van der Waals surface area contributed by atoms with E-state index in [1.807, 2.05) is 11.8 Å². The number of hydrogen-bond donors (Lipinski definition) is 1. The smallest absolute Gasteiger partial charge is 0.217 e. The molecule has 0 unspecified atom stereocenters. The van der Waals surface area contributed by atoms with Gasteiger partial charge in [-0.15, -0.1) is 0 Å². The highest BCUT2D eigenvalue weighted by atomic mass is 32.2. The van der Waals surface area contributed by atoms with Gasteiger partial charge in [-0.3, -0.25) is 0 Å². The topological polar surface area (TPSA) is 49.4 Å². The van der Waals surface area contributed by atoms with Gasteiger partial charge in [-0.05, 0) is 38.1 Å². The molecule has 6 heteroatoms. The van der Waals surface area contributed by atoms with E-state index < -0.39 is 10.0 Å². The average Bonchev–Trinajstić information content (AvgIpc) is 2.59. The fraction of sp³-hybridized carbons (Fsp3) is 1.00. The van der Waals surface area contributed by atoms with Crippen LogP contribution in [0.2, 0.25) is 0 Å². The summed E-state index contributed by atoms with van der Waals surface area (Å²) in [6.07, 6.45) is 2.53. The lowest BCUT2D eigenvalue weighted by Gasteiger charge is -2.29. The first-order valence-electron chi connectivity index (χ1n) is 5.99. The van der Waals surface area contributed by atoms with E-state index in [4.69, 9.17) is 0 Å². The Bertz CT molecular complexity index is 305. The fourth-order valence-corrected chi connectivity index (χ4v) is 5.27. The molecule has 2 rings (SSSR count). The van der Waals surface area contributed by atoms with Crippen molar-refractivity contribution in [3.63, 3.8) is 0 Å². The SMILES string of the molecule is O=S(=O)(C1CCNCC1)N1CCCSCC1. The normalized spacial score (nSPS) is 26.5. The molecule has 0 aromatic heterocycles. The van der Waals surface area contributed by atoms with Crippen LogP contribution in [0.4, 0.5) is 0 Å². The highest BCUT2D eigenvalue weighted by molar-refractivity contribution is 7.99. The third-order valence-corrected chi connectivity index (χ3v) is 6.70. The number of nitrogens with zero attached hydrogens (tertiary/aromatic N) is 1. The Kier molecular flexibility index (Phi) is 4.52. The number of rotatable bonds is 2. The summed E-state index contributed by atoms with van der Waals surface area (Å²) in [5, 5.41) is 3.07. The van der Waals surface area contributed by atoms with Crippen LogP contribution < -0.4 is 5.32 Å². The molecule has 94 valence electrons. The van der Waals surface area contributed by atoms with Gasteiger partial charge in [0, 0.05) is 18.8 Å². The van der Waals surface area contributed by atoms with Gasteiger partial charge in [0.1, 0.15) is 0 Å². The van der Waals surface area contributed by atoms with Crippen molar-refractivity contribution in [2.24, 2.45) is 0 Å². The molecule has 0 aromatic rings. The molecule has 0 aliphatic carbocycles. The summed E-state index contributed by atoms with van der Waals surface area (Å²) < 4.78 is 26.5. The van der Waals surface area contributed by atoms with Crippen LogP contribution in [0.15, 0.2) is 0 Å². The fourth-order valence-electron chi connectivity index (χ4n) is 2.28. The van der Waals surface area contributed by atoms with Crippen LogP contribution in [0.1, 0.15) is 19.3 Å². The molecule has 2 saturated heterocycles. The molecule has 2 heterocycles. The average molecular weight is 264 g/mol. The van der Waals surface area contributed by atoms with Crippen molar-refractivity contribution in [1.82, 2.24) is 9.62 Å². The van der Waals surface area contributed by atoms with Crippen LogP contribution in [-0.2, 0) is 10.0 Å². The molecule has 2 fully saturated rings. The van der Waals surface area contributed by atoms with Crippen LogP contribution in [0.5, 0.6) is 0 Å². The minimum Gasteiger partial charge on any atom is -0.317 e. The van der Waals surface area contributed by atoms with Crippen molar-refractivity contribution in [2.75, 3.05) is 37.7 Å². The Morgan fingerprint density at radius 3 is 2.62 bits per heavy atom. The molecular formula is C10H20N2O2S2. The molecule has 2 aliphatic heterocycles. The number of nitrogens with one attached hydrogen (secondary N) is 1. The van der Waals surface area contributed by atoms with Gasteiger partial charge in [-0.25, -0.2) is 12.7 Å². The zero-order chi connectivity index (χ0) is 11.4. The van der Waals surface area contributed by atoms with Crippen LogP contribution in [0.25, 0.3) is 0 Å². The molecular weight excluding hydrogens is 244 g/mol. The predicted octanol–water partition coefficient (Wildman–Crippen LogP) is 0.507. The Morgan fingerprint density at radius 1 is 1.12 bits per heavy atom. The van der Waals surface area contributed by atoms with E-state index in [0.717, 1.165) is 50.4 Å². The van der Waals surface area contributed by atoms with E-state index in [9.17, 15) is 8.42 Å². The summed E-state index contributed by atoms with van der Waals surface area (Å²) in [4.78, 5) is 0. The van der Waals surface area contributed by atoms with E-state index >= 15 is 0 Å². The van der Waals surface area contributed by atoms with Gasteiger partial charge >= 0.3 is 0 Å². The van der Waals surface area contributed by atoms with Crippen molar-refractivity contribution in [1.29, 1.82) is 0 Å². The van der Waals surface area contributed by atoms with Crippen molar-refractivity contribution in [3.05, 3.63) is 0 Å². The number of thioether (sulfide) groups is 1. The molecule has 0 spiro atoms. The third-order valence-electron chi connectivity index (χ3n) is 3.25. The van der Waals surface area contributed by atoms with Gasteiger partial charge in [-0.2, -0.15) is 11.8 Å². The first-order chi connectivity index (χ1) is 7.71. The van der Waals surface area contributed by atoms with Gasteiger partial charge in [0.15, 0.2) is 0 Å². The van der Waals surface area contributed by atoms with Gasteiger partial charge in [0.2, 0.25) is 10.0 Å². The molecule has 16 heavy (non-hydrogen) atoms. The number of hydrogen-bond acceptors (Lipinski definition) is 4. The maximum atomic E-state index is 12.4. The lowest BCUT2D eigenvalue weighted by atomic mass is 10.2. The van der Waals surface area contributed by atoms with E-state index in [1.165, 1.54) is 0 Å². The predicted molar refractivity (Wildman–Crippen MR) is 68.3 cm³/mol. The lowest BCUT2D eigenvalue weighted by Crippen LogP contribution is -2.44. The van der Waals surface area contributed by atoms with Gasteiger partial charge < -0.3 is 5.32 Å². The highest BCUT2D eigenvalue weighted by Crippen LogP contribution is 2.21. The summed E-state index contributed by atoms with van der Waals surface area (Å²) >= 11 is 1.86. The third kappa shape index (κ3) is 2.91. The van der Waals surface area contributed by atoms with Gasteiger partial charge in [-0.1, -0.05) is 0 Å². The maximum absolute atomic E-state index is 12.4. The van der Waals surface area contributed by atoms with E-state index in [2.05, 4.69) is 5.32 Å². The largest absolute Gasteiger partial charge is 0.317 e. The van der Waals surface area contributed by atoms with Crippen molar-refractivity contribution >= 4 is 21.8 Å². The van der Waals surface area contributed by atoms with Gasteiger partial charge in [0.05, 0.1) is 5.25 Å². The Labute approximate surface area is 102 Å². The van der Waals surface area contributed by atoms with E-state index in [0.29, 0.717) is 6.54 Å². The molecule has 0 aromatic carbocycles. The van der Waals surface area contributed by atoms with Crippen LogP contribution in [0, 0.1) is 0 Å². The Morgan fingerprint density at radius 2 is 1.88 bits per heavy atom. The Hall–Kier alpha value is 0.220. The number of piperidine rings is 1. The van der Waals surface area contributed by atoms with Crippen molar-refractivity contribution < 1.29 is 8.42 Å². The second-order valence-electron chi connectivity index (χ2n) is 4.36. The monoisotopic (exact) mass is 264 g/mol. The van der Waals surface area contributed by atoms with Crippen molar-refractivity contribution in [3.8, 4) is 0 Å². The standard InChI is InChI=1S/C10H20N2O2S2/c13-16(14,10-2-4-11-5-3-10)12-6-1-8-15-9-7-12/h10-11H,1-9H2. The minimum absolute atomic E-state index is 0.142. The highest BCUT2D eigenvalue weighted by Gasteiger charge is 2.32. The molecule has 4 nitrogen and oxygen atoms in total. The summed E-state index contributed by atoms with van der Waals surface area (Å²) in [5.74, 6) is 2.04. The van der Waals surface area contributed by atoms with E-state index in [-0.39, 0.29) is 5.25 Å². The maximum Gasteiger partial charge on any atom is 0.217 e. The van der Waals surface area contributed by atoms with Gasteiger partial charge in [0.25, 0.3) is 0 Å². The lowest BCUT2D eigenvalue weighted by molar-refractivity contribution is 0.407. The summed E-state index contributed by atoms with van der Waals surface area (Å²) in [5.41, 5.74) is 0. The van der Waals surface area contributed by atoms with Crippen LogP contribution in [-0.4, -0.2) is 55.7 Å². The second-order valence-corrected chi connectivity index (χ2v) is 7.80. The summed E-state index contributed by atoms with van der Waals surface area (Å²) in [7, 11) is -3.03. The molecule has 0 atom stereocenters. The molecule has 0 radical (unpaired) electrons. The summed E-state index contributed by atoms with van der Waals surface area (Å²) in [6.45, 7) is 3.11. The summed E-state index contributed by atoms with van der Waals surface area (Å²) in [6, 6.07) is 0. The quantitative estimate of drug-likeness (QED) is 0.789. The van der Waals surface area contributed by atoms with Crippen LogP contribution >= 0.6 is 11.8 Å². The molecule has 0 bridgehead atoms. The second kappa shape index (κ2) is 5.71. The molecule has 1 N–H and O–H groups in total. The zero-order valence-corrected chi connectivity index (χ0v) is 11.2. The van der Waals surface area contributed by atoms with Crippen molar-refractivity contribution in [2.45, 2.75) is 24.5 Å². The van der Waals surface area contributed by atoms with E-state index in [1.54, 1.807) is 4.31 Å². The minimum atomic E-state index is -3.03. The van der Waals surface area contributed by atoms with Crippen LogP contribution in [0.3, 0.4) is 0 Å². The Balaban J connectivity index is 2.03. The molecule has 0 saturated carbocycles. The first-order valence-corrected chi connectivity index (χ1v) is 8.64. The zero-order valence-electron chi connectivity index (χ0n) is 9.52. The molecule has 2 aliphatic rings. The number of sulfonamides is 1. The first kappa shape index (κ1) is 12.7. The molecule has 0 amide bonds.